The minimum absolute atomic E-state index is 0.258. The van der Waals surface area contributed by atoms with Crippen LogP contribution in [0.5, 0.6) is 0 Å². The van der Waals surface area contributed by atoms with Gasteiger partial charge in [0.05, 0.1) is 0 Å². The molecular formula is C6H10Cl2N2O2. The second-order valence-corrected chi connectivity index (χ2v) is 3.37. The molecule has 0 aromatic carbocycles. The second-order valence-electron chi connectivity index (χ2n) is 2.32. The summed E-state index contributed by atoms with van der Waals surface area (Å²) in [6.07, 6.45) is 0.516. The van der Waals surface area contributed by atoms with Gasteiger partial charge >= 0.3 is 0 Å². The van der Waals surface area contributed by atoms with Crippen LogP contribution >= 0.6 is 23.2 Å². The topological polar surface area (TPSA) is 86.2 Å². The van der Waals surface area contributed by atoms with Crippen LogP contribution in [0.3, 0.4) is 0 Å². The Hall–Kier alpha value is -0.480. The zero-order chi connectivity index (χ0) is 9.72. The van der Waals surface area contributed by atoms with Gasteiger partial charge in [0.15, 0.2) is 0 Å². The zero-order valence-corrected chi connectivity index (χ0v) is 7.81. The summed E-state index contributed by atoms with van der Waals surface area (Å²) in [6.45, 7) is 0. The van der Waals surface area contributed by atoms with E-state index in [4.69, 9.17) is 34.7 Å². The van der Waals surface area contributed by atoms with Crippen LogP contribution in [0.15, 0.2) is 0 Å². The molecule has 4 N–H and O–H groups in total. The molecule has 0 aliphatic rings. The van der Waals surface area contributed by atoms with Crippen LogP contribution in [0.1, 0.15) is 12.8 Å². The van der Waals surface area contributed by atoms with Gasteiger partial charge in [0.2, 0.25) is 11.8 Å². The SMILES string of the molecule is NC(=O)C(Cl)CCC(Cl)C(N)=O. The molecule has 0 rings (SSSR count). The fraction of sp³-hybridized carbons (Fsp3) is 0.667. The first-order valence-electron chi connectivity index (χ1n) is 3.32. The van der Waals surface area contributed by atoms with Gasteiger partial charge in [0.1, 0.15) is 10.8 Å². The lowest BCUT2D eigenvalue weighted by Crippen LogP contribution is -2.28. The predicted octanol–water partition coefficient (Wildman–Crippen LogP) is -0.0480. The third-order valence-electron chi connectivity index (χ3n) is 1.29. The molecule has 0 aliphatic heterocycles. The summed E-state index contributed by atoms with van der Waals surface area (Å²) in [5.41, 5.74) is 9.74. The maximum Gasteiger partial charge on any atom is 0.235 e. The number of hydrogen-bond acceptors (Lipinski definition) is 2. The largest absolute Gasteiger partial charge is 0.368 e. The molecule has 0 spiro atoms. The normalized spacial score (nSPS) is 15.2. The van der Waals surface area contributed by atoms with Crippen LogP contribution in [0.2, 0.25) is 0 Å². The molecule has 0 aromatic rings. The molecule has 2 unspecified atom stereocenters. The van der Waals surface area contributed by atoms with E-state index >= 15 is 0 Å². The van der Waals surface area contributed by atoms with Crippen molar-refractivity contribution in [3.63, 3.8) is 0 Å². The average Bonchev–Trinajstić information content (AvgIpc) is 1.98. The monoisotopic (exact) mass is 212 g/mol. The van der Waals surface area contributed by atoms with Crippen LogP contribution in [0.25, 0.3) is 0 Å². The third-order valence-corrected chi connectivity index (χ3v) is 2.16. The molecule has 70 valence electrons. The summed E-state index contributed by atoms with van der Waals surface area (Å²) in [7, 11) is 0. The van der Waals surface area contributed by atoms with Crippen LogP contribution in [0.4, 0.5) is 0 Å². The molecule has 0 aliphatic carbocycles. The zero-order valence-electron chi connectivity index (χ0n) is 6.30. The highest BCUT2D eigenvalue weighted by atomic mass is 35.5. The second kappa shape index (κ2) is 5.22. The van der Waals surface area contributed by atoms with Crippen molar-refractivity contribution in [2.24, 2.45) is 11.5 Å². The standard InChI is InChI=1S/C6H10Cl2N2O2/c7-3(5(9)11)1-2-4(8)6(10)12/h3-4H,1-2H2,(H2,9,11)(H2,10,12). The van der Waals surface area contributed by atoms with Crippen molar-refractivity contribution in [3.05, 3.63) is 0 Å². The number of carbonyl (C=O) groups excluding carboxylic acids is 2. The van der Waals surface area contributed by atoms with Crippen molar-refractivity contribution in [2.45, 2.75) is 23.6 Å². The Balaban J connectivity index is 3.68. The third kappa shape index (κ3) is 4.41. The first kappa shape index (κ1) is 11.5. The van der Waals surface area contributed by atoms with E-state index < -0.39 is 22.6 Å². The predicted molar refractivity (Wildman–Crippen MR) is 46.9 cm³/mol. The van der Waals surface area contributed by atoms with Gasteiger partial charge in [-0.1, -0.05) is 0 Å². The number of hydrogen-bond donors (Lipinski definition) is 2. The quantitative estimate of drug-likeness (QED) is 0.627. The molecule has 12 heavy (non-hydrogen) atoms. The van der Waals surface area contributed by atoms with Crippen molar-refractivity contribution < 1.29 is 9.59 Å². The van der Waals surface area contributed by atoms with Crippen molar-refractivity contribution in [2.75, 3.05) is 0 Å². The van der Waals surface area contributed by atoms with E-state index in [0.717, 1.165) is 0 Å². The summed E-state index contributed by atoms with van der Waals surface area (Å²) < 4.78 is 0. The van der Waals surface area contributed by atoms with Crippen LogP contribution in [-0.2, 0) is 9.59 Å². The van der Waals surface area contributed by atoms with E-state index in [1.165, 1.54) is 0 Å². The molecule has 2 atom stereocenters. The first-order valence-corrected chi connectivity index (χ1v) is 4.19. The van der Waals surface area contributed by atoms with Gasteiger partial charge in [0.25, 0.3) is 0 Å². The maximum atomic E-state index is 10.4. The van der Waals surface area contributed by atoms with Gasteiger partial charge in [-0.15, -0.1) is 23.2 Å². The van der Waals surface area contributed by atoms with E-state index in [-0.39, 0.29) is 12.8 Å². The fourth-order valence-corrected chi connectivity index (χ4v) is 0.829. The summed E-state index contributed by atoms with van der Waals surface area (Å²) in [6, 6.07) is 0. The molecule has 4 nitrogen and oxygen atoms in total. The van der Waals surface area contributed by atoms with E-state index in [2.05, 4.69) is 0 Å². The highest BCUT2D eigenvalue weighted by Crippen LogP contribution is 2.10. The van der Waals surface area contributed by atoms with Crippen molar-refractivity contribution >= 4 is 35.0 Å². The Labute approximate surface area is 80.2 Å². The Morgan fingerprint density at radius 3 is 1.42 bits per heavy atom. The fourth-order valence-electron chi connectivity index (χ4n) is 0.577. The van der Waals surface area contributed by atoms with E-state index in [1.807, 2.05) is 0 Å². The van der Waals surface area contributed by atoms with Gasteiger partial charge in [-0.25, -0.2) is 0 Å². The molecule has 6 heteroatoms. The Morgan fingerprint density at radius 1 is 1.00 bits per heavy atom. The highest BCUT2D eigenvalue weighted by Gasteiger charge is 2.16. The van der Waals surface area contributed by atoms with E-state index in [1.54, 1.807) is 0 Å². The lowest BCUT2D eigenvalue weighted by atomic mass is 10.2. The van der Waals surface area contributed by atoms with E-state index in [0.29, 0.717) is 0 Å². The minimum Gasteiger partial charge on any atom is -0.368 e. The number of amides is 2. The van der Waals surface area contributed by atoms with Gasteiger partial charge in [-0.05, 0) is 12.8 Å². The maximum absolute atomic E-state index is 10.4. The summed E-state index contributed by atoms with van der Waals surface area (Å²) >= 11 is 11.0. The van der Waals surface area contributed by atoms with Gasteiger partial charge in [-0.3, -0.25) is 9.59 Å². The molecular weight excluding hydrogens is 203 g/mol. The van der Waals surface area contributed by atoms with Crippen LogP contribution < -0.4 is 11.5 Å². The number of halogens is 2. The molecule has 0 saturated heterocycles. The summed E-state index contributed by atoms with van der Waals surface area (Å²) in [4.78, 5) is 20.8. The van der Waals surface area contributed by atoms with Crippen molar-refractivity contribution in [1.82, 2.24) is 0 Å². The van der Waals surface area contributed by atoms with Gasteiger partial charge < -0.3 is 11.5 Å². The van der Waals surface area contributed by atoms with Crippen molar-refractivity contribution in [1.29, 1.82) is 0 Å². The van der Waals surface area contributed by atoms with Gasteiger partial charge in [-0.2, -0.15) is 0 Å². The molecule has 0 aromatic heterocycles. The number of rotatable bonds is 5. The van der Waals surface area contributed by atoms with Crippen molar-refractivity contribution in [3.8, 4) is 0 Å². The van der Waals surface area contributed by atoms with Gasteiger partial charge in [0, 0.05) is 0 Å². The number of nitrogens with two attached hydrogens (primary N) is 2. The smallest absolute Gasteiger partial charge is 0.235 e. The number of alkyl halides is 2. The minimum atomic E-state index is -0.786. The molecule has 0 fully saturated rings. The Bertz CT molecular complexity index is 166. The molecule has 0 saturated carbocycles. The highest BCUT2D eigenvalue weighted by molar-refractivity contribution is 6.31. The Kier molecular flexibility index (Phi) is 5.01. The molecule has 0 bridgehead atoms. The number of primary amides is 2. The summed E-state index contributed by atoms with van der Waals surface area (Å²) in [5, 5.41) is -1.57. The lowest BCUT2D eigenvalue weighted by Gasteiger charge is -2.06. The van der Waals surface area contributed by atoms with E-state index in [9.17, 15) is 9.59 Å². The van der Waals surface area contributed by atoms with Crippen LogP contribution in [0, 0.1) is 0 Å². The molecule has 0 radical (unpaired) electrons. The number of carbonyl (C=O) groups is 2. The first-order chi connectivity index (χ1) is 5.45. The lowest BCUT2D eigenvalue weighted by molar-refractivity contribution is -0.119. The Morgan fingerprint density at radius 2 is 1.25 bits per heavy atom. The molecule has 0 heterocycles. The molecule has 2 amide bonds. The van der Waals surface area contributed by atoms with Crippen LogP contribution in [-0.4, -0.2) is 22.6 Å². The summed E-state index contributed by atoms with van der Waals surface area (Å²) in [5.74, 6) is -1.24. The average molecular weight is 213 g/mol.